The first kappa shape index (κ1) is 16.3. The number of nitrogens with one attached hydrogen (secondary N) is 1. The molecule has 2 saturated heterocycles. The van der Waals surface area contributed by atoms with Gasteiger partial charge in [-0.2, -0.15) is 0 Å². The molecule has 126 valence electrons. The van der Waals surface area contributed by atoms with Crippen molar-refractivity contribution in [1.82, 2.24) is 9.97 Å². The second kappa shape index (κ2) is 6.14. The smallest absolute Gasteiger partial charge is 0.253 e. The standard InChI is InChI=1S/C16H23N3O4/c1-9-5-12(22-10(9)2)15(20)19-11-6-17-14(18-7-11)13-8-21-16(3,4)23-13/h6-7,9-10,12-13H,5,8H2,1-4H3,(H,19,20)/t9-,10?,12?,13?/m0/s1. The van der Waals surface area contributed by atoms with Crippen molar-refractivity contribution >= 4 is 11.6 Å². The van der Waals surface area contributed by atoms with E-state index >= 15 is 0 Å². The van der Waals surface area contributed by atoms with Gasteiger partial charge in [0, 0.05) is 0 Å². The highest BCUT2D eigenvalue weighted by Crippen LogP contribution is 2.31. The first-order chi connectivity index (χ1) is 10.8. The number of hydrogen-bond acceptors (Lipinski definition) is 6. The van der Waals surface area contributed by atoms with E-state index < -0.39 is 11.9 Å². The van der Waals surface area contributed by atoms with Crippen molar-refractivity contribution in [2.24, 2.45) is 5.92 Å². The molecule has 1 aromatic rings. The highest BCUT2D eigenvalue weighted by molar-refractivity contribution is 5.94. The van der Waals surface area contributed by atoms with Crippen LogP contribution in [0.5, 0.6) is 0 Å². The quantitative estimate of drug-likeness (QED) is 0.917. The van der Waals surface area contributed by atoms with Crippen molar-refractivity contribution in [2.45, 2.75) is 58.2 Å². The molecule has 7 heteroatoms. The van der Waals surface area contributed by atoms with Gasteiger partial charge in [0.1, 0.15) is 12.2 Å². The molecule has 1 N–H and O–H groups in total. The molecule has 2 aliphatic heterocycles. The van der Waals surface area contributed by atoms with Gasteiger partial charge in [0.25, 0.3) is 5.91 Å². The van der Waals surface area contributed by atoms with Crippen LogP contribution in [0.3, 0.4) is 0 Å². The van der Waals surface area contributed by atoms with Gasteiger partial charge in [0.05, 0.1) is 30.8 Å². The Morgan fingerprint density at radius 2 is 2.00 bits per heavy atom. The molecular weight excluding hydrogens is 298 g/mol. The maximum absolute atomic E-state index is 12.2. The minimum absolute atomic E-state index is 0.104. The van der Waals surface area contributed by atoms with Crippen LogP contribution < -0.4 is 5.32 Å². The maximum atomic E-state index is 12.2. The van der Waals surface area contributed by atoms with Crippen molar-refractivity contribution in [3.8, 4) is 0 Å². The summed E-state index contributed by atoms with van der Waals surface area (Å²) in [4.78, 5) is 20.7. The normalized spacial score (nSPS) is 32.9. The van der Waals surface area contributed by atoms with Crippen LogP contribution in [0.25, 0.3) is 0 Å². The average molecular weight is 321 g/mol. The van der Waals surface area contributed by atoms with Gasteiger partial charge < -0.3 is 19.5 Å². The summed E-state index contributed by atoms with van der Waals surface area (Å²) < 4.78 is 16.9. The lowest BCUT2D eigenvalue weighted by Crippen LogP contribution is -2.28. The van der Waals surface area contributed by atoms with Crippen LogP contribution in [0.1, 0.15) is 46.0 Å². The lowest BCUT2D eigenvalue weighted by atomic mass is 10.0. The largest absolute Gasteiger partial charge is 0.365 e. The van der Waals surface area contributed by atoms with E-state index in [1.54, 1.807) is 12.4 Å². The van der Waals surface area contributed by atoms with E-state index in [-0.39, 0.29) is 18.1 Å². The second-order valence-electron chi connectivity index (χ2n) is 6.68. The summed E-state index contributed by atoms with van der Waals surface area (Å²) >= 11 is 0. The summed E-state index contributed by atoms with van der Waals surface area (Å²) in [6.07, 6.45) is 3.30. The molecule has 3 unspecified atom stereocenters. The number of anilines is 1. The first-order valence-corrected chi connectivity index (χ1v) is 7.94. The summed E-state index contributed by atoms with van der Waals surface area (Å²) in [6, 6.07) is 0. The fourth-order valence-electron chi connectivity index (χ4n) is 2.75. The lowest BCUT2D eigenvalue weighted by Gasteiger charge is -2.16. The monoisotopic (exact) mass is 321 g/mol. The van der Waals surface area contributed by atoms with Crippen molar-refractivity contribution < 1.29 is 19.0 Å². The van der Waals surface area contributed by atoms with E-state index in [1.165, 1.54) is 0 Å². The minimum Gasteiger partial charge on any atom is -0.365 e. The Bertz CT molecular complexity index is 565. The summed E-state index contributed by atoms with van der Waals surface area (Å²) in [7, 11) is 0. The molecule has 0 bridgehead atoms. The van der Waals surface area contributed by atoms with Gasteiger partial charge in [-0.05, 0) is 33.1 Å². The van der Waals surface area contributed by atoms with Crippen molar-refractivity contribution in [2.75, 3.05) is 11.9 Å². The van der Waals surface area contributed by atoms with Crippen molar-refractivity contribution in [3.63, 3.8) is 0 Å². The summed E-state index contributed by atoms with van der Waals surface area (Å²) in [5.74, 6) is 0.160. The zero-order chi connectivity index (χ0) is 16.6. The van der Waals surface area contributed by atoms with Gasteiger partial charge in [-0.1, -0.05) is 6.92 Å². The Morgan fingerprint density at radius 3 is 2.52 bits per heavy atom. The molecule has 4 atom stereocenters. The Balaban J connectivity index is 1.59. The Hall–Kier alpha value is -1.57. The van der Waals surface area contributed by atoms with Crippen LogP contribution in [0.2, 0.25) is 0 Å². The Labute approximate surface area is 135 Å². The van der Waals surface area contributed by atoms with Crippen LogP contribution in [0.15, 0.2) is 12.4 Å². The Morgan fingerprint density at radius 1 is 1.30 bits per heavy atom. The number of hydrogen-bond donors (Lipinski definition) is 1. The predicted octanol–water partition coefficient (Wildman–Crippen LogP) is 2.05. The minimum atomic E-state index is -0.617. The van der Waals surface area contributed by atoms with Gasteiger partial charge in [-0.15, -0.1) is 0 Å². The molecule has 3 heterocycles. The highest BCUT2D eigenvalue weighted by Gasteiger charge is 2.36. The van der Waals surface area contributed by atoms with Gasteiger partial charge in [0.15, 0.2) is 11.6 Å². The topological polar surface area (TPSA) is 82.6 Å². The van der Waals surface area contributed by atoms with E-state index in [9.17, 15) is 4.79 Å². The number of carbonyl (C=O) groups excluding carboxylic acids is 1. The molecular formula is C16H23N3O4. The molecule has 23 heavy (non-hydrogen) atoms. The molecule has 1 aromatic heterocycles. The van der Waals surface area contributed by atoms with E-state index in [2.05, 4.69) is 22.2 Å². The number of aromatic nitrogens is 2. The average Bonchev–Trinajstić information content (AvgIpc) is 3.03. The van der Waals surface area contributed by atoms with E-state index in [0.29, 0.717) is 24.0 Å². The van der Waals surface area contributed by atoms with Crippen LogP contribution in [-0.4, -0.2) is 40.5 Å². The predicted molar refractivity (Wildman–Crippen MR) is 82.6 cm³/mol. The van der Waals surface area contributed by atoms with Crippen molar-refractivity contribution in [3.05, 3.63) is 18.2 Å². The third-order valence-corrected chi connectivity index (χ3v) is 4.29. The molecule has 7 nitrogen and oxygen atoms in total. The van der Waals surface area contributed by atoms with E-state index in [0.717, 1.165) is 6.42 Å². The molecule has 0 spiro atoms. The molecule has 0 radical (unpaired) electrons. The zero-order valence-electron chi connectivity index (χ0n) is 13.9. The van der Waals surface area contributed by atoms with Crippen LogP contribution in [-0.2, 0) is 19.0 Å². The number of rotatable bonds is 3. The van der Waals surface area contributed by atoms with Gasteiger partial charge in [-0.25, -0.2) is 9.97 Å². The number of ether oxygens (including phenoxy) is 3. The highest BCUT2D eigenvalue weighted by atomic mass is 16.7. The maximum Gasteiger partial charge on any atom is 0.253 e. The SMILES string of the molecule is CC1OC(C(=O)Nc2cnc(C3COC(C)(C)O3)nc2)C[C@@H]1C. The fraction of sp³-hybridized carbons (Fsp3) is 0.688. The molecule has 0 aliphatic carbocycles. The third kappa shape index (κ3) is 3.68. The lowest BCUT2D eigenvalue weighted by molar-refractivity contribution is -0.140. The van der Waals surface area contributed by atoms with Crippen LogP contribution in [0.4, 0.5) is 5.69 Å². The molecule has 2 fully saturated rings. The zero-order valence-corrected chi connectivity index (χ0v) is 13.9. The van der Waals surface area contributed by atoms with Crippen LogP contribution >= 0.6 is 0 Å². The first-order valence-electron chi connectivity index (χ1n) is 7.94. The molecule has 3 rings (SSSR count). The number of carbonyl (C=O) groups is 1. The molecule has 2 aliphatic rings. The van der Waals surface area contributed by atoms with Gasteiger partial charge in [-0.3, -0.25) is 4.79 Å². The van der Waals surface area contributed by atoms with Crippen LogP contribution in [0, 0.1) is 5.92 Å². The molecule has 1 amide bonds. The summed E-state index contributed by atoms with van der Waals surface area (Å²) in [5, 5.41) is 2.80. The third-order valence-electron chi connectivity index (χ3n) is 4.29. The second-order valence-corrected chi connectivity index (χ2v) is 6.68. The Kier molecular flexibility index (Phi) is 4.35. The fourth-order valence-corrected chi connectivity index (χ4v) is 2.75. The van der Waals surface area contributed by atoms with E-state index in [4.69, 9.17) is 14.2 Å². The molecule has 0 saturated carbocycles. The summed E-state index contributed by atoms with van der Waals surface area (Å²) in [6.45, 7) is 8.20. The number of nitrogens with zero attached hydrogens (tertiary/aromatic N) is 2. The van der Waals surface area contributed by atoms with E-state index in [1.807, 2.05) is 20.8 Å². The molecule has 0 aromatic carbocycles. The van der Waals surface area contributed by atoms with Gasteiger partial charge in [0.2, 0.25) is 0 Å². The van der Waals surface area contributed by atoms with Crippen molar-refractivity contribution in [1.29, 1.82) is 0 Å². The summed E-state index contributed by atoms with van der Waals surface area (Å²) in [5.41, 5.74) is 0.549. The number of amides is 1. The van der Waals surface area contributed by atoms with Gasteiger partial charge >= 0.3 is 0 Å².